The average Bonchev–Trinajstić information content (AvgIpc) is 3.44. The van der Waals surface area contributed by atoms with Crippen LogP contribution in [-0.4, -0.2) is 58.0 Å². The third kappa shape index (κ3) is 4.13. The third-order valence-electron chi connectivity index (χ3n) is 5.77. The molecule has 1 saturated carbocycles. The number of nitrogens with zero attached hydrogens (tertiary/aromatic N) is 2. The topological polar surface area (TPSA) is 76.2 Å². The summed E-state index contributed by atoms with van der Waals surface area (Å²) in [6, 6.07) is 4.83. The second-order valence-electron chi connectivity index (χ2n) is 8.15. The monoisotopic (exact) mass is 464 g/mol. The number of carbonyl (C=O) groups is 1. The maximum Gasteiger partial charge on any atom is 0.255 e. The zero-order chi connectivity index (χ0) is 22.3. The Labute approximate surface area is 187 Å². The molecule has 9 heteroatoms. The predicted molar refractivity (Wildman–Crippen MR) is 122 cm³/mol. The number of rotatable bonds is 9. The molecule has 1 aromatic carbocycles. The van der Waals surface area contributed by atoms with Crippen molar-refractivity contribution < 1.29 is 22.7 Å². The van der Waals surface area contributed by atoms with Crippen LogP contribution in [0.4, 0.5) is 5.00 Å². The van der Waals surface area contributed by atoms with Gasteiger partial charge in [-0.15, -0.1) is 11.3 Å². The Balaban J connectivity index is 1.74. The first-order chi connectivity index (χ1) is 14.8. The lowest BCUT2D eigenvalue weighted by atomic mass is 10.1. The number of hydrogen-bond donors (Lipinski definition) is 0. The quantitative estimate of drug-likeness (QED) is 0.565. The number of hydrogen-bond acceptors (Lipinski definition) is 7. The molecule has 0 saturated heterocycles. The summed E-state index contributed by atoms with van der Waals surface area (Å²) in [6.07, 6.45) is 1.40. The van der Waals surface area contributed by atoms with Crippen LogP contribution in [0.15, 0.2) is 23.6 Å². The molecule has 2 heterocycles. The van der Waals surface area contributed by atoms with Gasteiger partial charge in [-0.05, 0) is 37.5 Å². The van der Waals surface area contributed by atoms with Gasteiger partial charge in [0.15, 0.2) is 21.3 Å². The summed E-state index contributed by atoms with van der Waals surface area (Å²) in [5, 5.41) is 2.61. The van der Waals surface area contributed by atoms with E-state index in [0.29, 0.717) is 43.1 Å². The minimum absolute atomic E-state index is 0.0910. The van der Waals surface area contributed by atoms with E-state index in [0.717, 1.165) is 16.1 Å². The first-order valence-corrected chi connectivity index (χ1v) is 13.0. The van der Waals surface area contributed by atoms with Gasteiger partial charge in [0.05, 0.1) is 47.9 Å². The number of benzene rings is 1. The fourth-order valence-corrected chi connectivity index (χ4v) is 6.99. The van der Waals surface area contributed by atoms with Gasteiger partial charge in [-0.3, -0.25) is 4.79 Å². The smallest absolute Gasteiger partial charge is 0.255 e. The molecule has 1 amide bonds. The Hall–Kier alpha value is -2.26. The summed E-state index contributed by atoms with van der Waals surface area (Å²) in [6.45, 7) is 2.73. The van der Waals surface area contributed by atoms with Gasteiger partial charge in [0.2, 0.25) is 0 Å². The Morgan fingerprint density at radius 1 is 1.26 bits per heavy atom. The van der Waals surface area contributed by atoms with Crippen molar-refractivity contribution in [2.24, 2.45) is 0 Å². The highest BCUT2D eigenvalue weighted by molar-refractivity contribution is 7.92. The lowest BCUT2D eigenvalue weighted by Crippen LogP contribution is -2.35. The van der Waals surface area contributed by atoms with E-state index < -0.39 is 15.9 Å². The highest BCUT2D eigenvalue weighted by Crippen LogP contribution is 2.43. The molecule has 7 nitrogen and oxygen atoms in total. The largest absolute Gasteiger partial charge is 0.493 e. The van der Waals surface area contributed by atoms with Crippen molar-refractivity contribution in [3.63, 3.8) is 0 Å². The summed E-state index contributed by atoms with van der Waals surface area (Å²) in [7, 11) is 2.16. The van der Waals surface area contributed by atoms with Gasteiger partial charge >= 0.3 is 0 Å². The molecule has 1 atom stereocenters. The number of sulfone groups is 1. The zero-order valence-electron chi connectivity index (χ0n) is 18.3. The number of thiophene rings is 1. The van der Waals surface area contributed by atoms with Gasteiger partial charge in [-0.1, -0.05) is 6.07 Å². The second-order valence-corrected chi connectivity index (χ2v) is 11.3. The molecule has 0 radical (unpaired) electrons. The van der Waals surface area contributed by atoms with Crippen molar-refractivity contribution in [2.75, 3.05) is 38.5 Å². The molecular weight excluding hydrogens is 436 g/mol. The highest BCUT2D eigenvalue weighted by Gasteiger charge is 2.42. The van der Waals surface area contributed by atoms with Gasteiger partial charge < -0.3 is 19.3 Å². The number of ether oxygens (including phenoxy) is 2. The molecule has 0 N–H and O–H groups in total. The molecule has 0 unspecified atom stereocenters. The van der Waals surface area contributed by atoms with Crippen LogP contribution in [0.2, 0.25) is 0 Å². The van der Waals surface area contributed by atoms with E-state index in [1.54, 1.807) is 24.1 Å². The lowest BCUT2D eigenvalue weighted by Gasteiger charge is -2.29. The summed E-state index contributed by atoms with van der Waals surface area (Å²) < 4.78 is 37.0. The summed E-state index contributed by atoms with van der Waals surface area (Å²) in [5.41, 5.74) is 2.37. The Bertz CT molecular complexity index is 1090. The highest BCUT2D eigenvalue weighted by atomic mass is 32.2. The molecule has 1 aliphatic carbocycles. The van der Waals surface area contributed by atoms with Crippen molar-refractivity contribution in [2.45, 2.75) is 37.6 Å². The summed E-state index contributed by atoms with van der Waals surface area (Å²) in [4.78, 5) is 17.0. The maximum atomic E-state index is 13.3. The number of carbonyl (C=O) groups excluding carboxylic acids is 1. The molecule has 2 aliphatic rings. The fraction of sp³-hybridized carbons (Fsp3) is 0.500. The van der Waals surface area contributed by atoms with Gasteiger partial charge in [0.1, 0.15) is 0 Å². The molecule has 1 aliphatic heterocycles. The van der Waals surface area contributed by atoms with Crippen LogP contribution >= 0.6 is 11.3 Å². The average molecular weight is 465 g/mol. The fourth-order valence-electron chi connectivity index (χ4n) is 4.05. The number of methoxy groups -OCH3 is 1. The molecule has 1 aromatic heterocycles. The SMILES string of the molecule is CCOc1cc([C@H](CS(=O)(=O)C2CC2)N2Cc3c(csc3N(C)C)C2=O)ccc1OC. The molecule has 0 bridgehead atoms. The standard InChI is InChI=1S/C22H28N2O5S2/c1-5-29-20-10-14(6-9-19(20)28-4)18(13-31(26,27)15-7-8-15)24-11-16-17(21(24)25)12-30-22(16)23(2)3/h6,9-10,12,15,18H,5,7-8,11,13H2,1-4H3/t18-/m0/s1. The van der Waals surface area contributed by atoms with E-state index in [9.17, 15) is 13.2 Å². The van der Waals surface area contributed by atoms with Crippen molar-refractivity contribution in [1.82, 2.24) is 4.90 Å². The van der Waals surface area contributed by atoms with E-state index in [2.05, 4.69) is 0 Å². The summed E-state index contributed by atoms with van der Waals surface area (Å²) >= 11 is 1.54. The lowest BCUT2D eigenvalue weighted by molar-refractivity contribution is 0.0718. The minimum atomic E-state index is -3.31. The Kier molecular flexibility index (Phi) is 5.91. The van der Waals surface area contributed by atoms with Crippen molar-refractivity contribution in [3.8, 4) is 11.5 Å². The Morgan fingerprint density at radius 2 is 2.00 bits per heavy atom. The van der Waals surface area contributed by atoms with Crippen LogP contribution in [0, 0.1) is 0 Å². The van der Waals surface area contributed by atoms with Crippen LogP contribution in [0.1, 0.15) is 47.3 Å². The molecule has 31 heavy (non-hydrogen) atoms. The summed E-state index contributed by atoms with van der Waals surface area (Å²) in [5.74, 6) is 0.915. The molecule has 2 aromatic rings. The first kappa shape index (κ1) is 22.0. The van der Waals surface area contributed by atoms with Gasteiger partial charge in [0.25, 0.3) is 5.91 Å². The van der Waals surface area contributed by atoms with E-state index in [1.165, 1.54) is 11.3 Å². The van der Waals surface area contributed by atoms with E-state index in [4.69, 9.17) is 9.47 Å². The van der Waals surface area contributed by atoms with E-state index in [-0.39, 0.29) is 16.9 Å². The van der Waals surface area contributed by atoms with Crippen molar-refractivity contribution >= 4 is 32.1 Å². The molecule has 168 valence electrons. The molecule has 4 rings (SSSR count). The van der Waals surface area contributed by atoms with Crippen LogP contribution in [0.25, 0.3) is 0 Å². The zero-order valence-corrected chi connectivity index (χ0v) is 19.9. The van der Waals surface area contributed by atoms with Crippen LogP contribution in [0.5, 0.6) is 11.5 Å². The van der Waals surface area contributed by atoms with Gasteiger partial charge in [-0.25, -0.2) is 8.42 Å². The Morgan fingerprint density at radius 3 is 2.61 bits per heavy atom. The third-order valence-corrected chi connectivity index (χ3v) is 9.22. The molecular formula is C22H28N2O5S2. The van der Waals surface area contributed by atoms with Crippen molar-refractivity contribution in [3.05, 3.63) is 40.3 Å². The predicted octanol–water partition coefficient (Wildman–Crippen LogP) is 3.50. The van der Waals surface area contributed by atoms with Crippen LogP contribution < -0.4 is 14.4 Å². The molecule has 0 spiro atoms. The van der Waals surface area contributed by atoms with Gasteiger partial charge in [0, 0.05) is 25.0 Å². The van der Waals surface area contributed by atoms with Crippen LogP contribution in [0.3, 0.4) is 0 Å². The first-order valence-electron chi connectivity index (χ1n) is 10.4. The number of amides is 1. The van der Waals surface area contributed by atoms with E-state index >= 15 is 0 Å². The molecule has 1 fully saturated rings. The minimum Gasteiger partial charge on any atom is -0.493 e. The number of fused-ring (bicyclic) bond motifs is 1. The van der Waals surface area contributed by atoms with Crippen molar-refractivity contribution in [1.29, 1.82) is 0 Å². The normalized spacial score (nSPS) is 16.9. The second kappa shape index (κ2) is 8.35. The maximum absolute atomic E-state index is 13.3. The van der Waals surface area contributed by atoms with Crippen LogP contribution in [-0.2, 0) is 16.4 Å². The van der Waals surface area contributed by atoms with E-state index in [1.807, 2.05) is 37.4 Å². The van der Waals surface area contributed by atoms with Gasteiger partial charge in [-0.2, -0.15) is 0 Å². The number of anilines is 1.